The molecular formula is C10H11BrFN. The second-order valence-electron chi connectivity index (χ2n) is 3.53. The van der Waals surface area contributed by atoms with Crippen molar-refractivity contribution in [2.45, 2.75) is 13.0 Å². The third kappa shape index (κ3) is 1.63. The van der Waals surface area contributed by atoms with Crippen LogP contribution in [0.3, 0.4) is 0 Å². The second-order valence-corrected chi connectivity index (χ2v) is 4.44. The van der Waals surface area contributed by atoms with E-state index in [0.29, 0.717) is 5.92 Å². The molecule has 13 heavy (non-hydrogen) atoms. The third-order valence-corrected chi connectivity index (χ3v) is 3.02. The Bertz CT molecular complexity index is 327. The van der Waals surface area contributed by atoms with E-state index in [-0.39, 0.29) is 11.9 Å². The molecule has 0 radical (unpaired) electrons. The Morgan fingerprint density at radius 1 is 1.54 bits per heavy atom. The van der Waals surface area contributed by atoms with Gasteiger partial charge in [-0.1, -0.05) is 22.9 Å². The smallest absolute Gasteiger partial charge is 0.128 e. The van der Waals surface area contributed by atoms with Crippen molar-refractivity contribution in [3.63, 3.8) is 0 Å². The zero-order valence-electron chi connectivity index (χ0n) is 7.35. The van der Waals surface area contributed by atoms with E-state index in [1.807, 2.05) is 6.07 Å². The van der Waals surface area contributed by atoms with Gasteiger partial charge in [0.05, 0.1) is 0 Å². The molecule has 0 bridgehead atoms. The molecule has 1 nitrogen and oxygen atoms in total. The molecular weight excluding hydrogens is 233 g/mol. The van der Waals surface area contributed by atoms with Crippen LogP contribution in [0.5, 0.6) is 0 Å². The van der Waals surface area contributed by atoms with E-state index in [2.05, 4.69) is 28.2 Å². The number of hydrogen-bond acceptors (Lipinski definition) is 1. The Morgan fingerprint density at radius 3 is 2.85 bits per heavy atom. The highest BCUT2D eigenvalue weighted by atomic mass is 79.9. The summed E-state index contributed by atoms with van der Waals surface area (Å²) in [5, 5.41) is 3.22. The Labute approximate surface area is 85.5 Å². The lowest BCUT2D eigenvalue weighted by molar-refractivity contribution is 0.252. The number of halogens is 2. The van der Waals surface area contributed by atoms with Gasteiger partial charge in [-0.25, -0.2) is 4.39 Å². The van der Waals surface area contributed by atoms with Crippen LogP contribution < -0.4 is 5.32 Å². The molecule has 2 unspecified atom stereocenters. The van der Waals surface area contributed by atoms with Crippen LogP contribution >= 0.6 is 15.9 Å². The highest BCUT2D eigenvalue weighted by Crippen LogP contribution is 2.31. The van der Waals surface area contributed by atoms with E-state index in [1.54, 1.807) is 6.07 Å². The molecule has 1 saturated heterocycles. The predicted octanol–water partition coefficient (Wildman–Crippen LogP) is 2.87. The fourth-order valence-electron chi connectivity index (χ4n) is 1.64. The van der Waals surface area contributed by atoms with Crippen molar-refractivity contribution in [1.29, 1.82) is 0 Å². The van der Waals surface area contributed by atoms with Crippen molar-refractivity contribution in [2.24, 2.45) is 5.92 Å². The molecule has 2 atom stereocenters. The number of rotatable bonds is 1. The normalized spacial score (nSPS) is 27.0. The molecule has 0 aliphatic carbocycles. The Kier molecular flexibility index (Phi) is 2.39. The summed E-state index contributed by atoms with van der Waals surface area (Å²) in [6.45, 7) is 3.11. The standard InChI is InChI=1S/C10H11BrFN/c1-6-5-13-10(6)8-4-7(11)2-3-9(8)12/h2-4,6,10,13H,5H2,1H3. The summed E-state index contributed by atoms with van der Waals surface area (Å²) in [5.74, 6) is 0.413. The maximum absolute atomic E-state index is 13.4. The van der Waals surface area contributed by atoms with Crippen molar-refractivity contribution in [3.8, 4) is 0 Å². The monoisotopic (exact) mass is 243 g/mol. The maximum atomic E-state index is 13.4. The topological polar surface area (TPSA) is 12.0 Å². The van der Waals surface area contributed by atoms with Crippen molar-refractivity contribution in [3.05, 3.63) is 34.1 Å². The lowest BCUT2D eigenvalue weighted by Crippen LogP contribution is -2.44. The van der Waals surface area contributed by atoms with Gasteiger partial charge in [-0.3, -0.25) is 0 Å². The van der Waals surface area contributed by atoms with Gasteiger partial charge >= 0.3 is 0 Å². The SMILES string of the molecule is CC1CNC1c1cc(Br)ccc1F. The van der Waals surface area contributed by atoms with Crippen molar-refractivity contribution < 1.29 is 4.39 Å². The van der Waals surface area contributed by atoms with Gasteiger partial charge in [-0.15, -0.1) is 0 Å². The quantitative estimate of drug-likeness (QED) is 0.800. The third-order valence-electron chi connectivity index (χ3n) is 2.52. The van der Waals surface area contributed by atoms with E-state index in [0.717, 1.165) is 16.6 Å². The first-order valence-corrected chi connectivity index (χ1v) is 5.16. The van der Waals surface area contributed by atoms with Crippen molar-refractivity contribution in [1.82, 2.24) is 5.32 Å². The van der Waals surface area contributed by atoms with Gasteiger partial charge in [0.25, 0.3) is 0 Å². The average molecular weight is 244 g/mol. The van der Waals surface area contributed by atoms with Crippen molar-refractivity contribution >= 4 is 15.9 Å². The molecule has 3 heteroatoms. The summed E-state index contributed by atoms with van der Waals surface area (Å²) in [6.07, 6.45) is 0. The molecule has 0 spiro atoms. The highest BCUT2D eigenvalue weighted by molar-refractivity contribution is 9.10. The average Bonchev–Trinajstić information content (AvgIpc) is 2.09. The molecule has 1 N–H and O–H groups in total. The van der Waals surface area contributed by atoms with E-state index in [9.17, 15) is 4.39 Å². The molecule has 70 valence electrons. The Morgan fingerprint density at radius 2 is 2.31 bits per heavy atom. The summed E-state index contributed by atoms with van der Waals surface area (Å²) in [6, 6.07) is 5.27. The van der Waals surface area contributed by atoms with E-state index in [4.69, 9.17) is 0 Å². The lowest BCUT2D eigenvalue weighted by Gasteiger charge is -2.36. The first kappa shape index (κ1) is 9.16. The second kappa shape index (κ2) is 3.39. The zero-order valence-corrected chi connectivity index (χ0v) is 8.94. The van der Waals surface area contributed by atoms with Crippen LogP contribution in [-0.2, 0) is 0 Å². The maximum Gasteiger partial charge on any atom is 0.128 e. The molecule has 0 aromatic heterocycles. The molecule has 1 aliphatic rings. The van der Waals surface area contributed by atoms with Gasteiger partial charge in [0, 0.05) is 22.6 Å². The van der Waals surface area contributed by atoms with Crippen LogP contribution in [0.15, 0.2) is 22.7 Å². The summed E-state index contributed by atoms with van der Waals surface area (Å²) in [5.41, 5.74) is 0.771. The van der Waals surface area contributed by atoms with Gasteiger partial charge in [0.2, 0.25) is 0 Å². The molecule has 1 aromatic carbocycles. The number of hydrogen-bond donors (Lipinski definition) is 1. The minimum Gasteiger partial charge on any atom is -0.309 e. The van der Waals surface area contributed by atoms with Crippen LogP contribution in [0.25, 0.3) is 0 Å². The molecule has 0 amide bonds. The fraction of sp³-hybridized carbons (Fsp3) is 0.400. The molecule has 1 aliphatic heterocycles. The van der Waals surface area contributed by atoms with Crippen LogP contribution in [0, 0.1) is 11.7 Å². The lowest BCUT2D eigenvalue weighted by atomic mass is 9.87. The summed E-state index contributed by atoms with van der Waals surface area (Å²) in [4.78, 5) is 0. The molecule has 1 aromatic rings. The van der Waals surface area contributed by atoms with Crippen LogP contribution in [0.1, 0.15) is 18.5 Å². The van der Waals surface area contributed by atoms with Gasteiger partial charge in [-0.2, -0.15) is 0 Å². The molecule has 0 saturated carbocycles. The predicted molar refractivity (Wildman–Crippen MR) is 54.0 cm³/mol. The Hall–Kier alpha value is -0.410. The molecule has 1 fully saturated rings. The minimum atomic E-state index is -0.118. The first-order chi connectivity index (χ1) is 6.18. The number of nitrogens with one attached hydrogen (secondary N) is 1. The van der Waals surface area contributed by atoms with E-state index >= 15 is 0 Å². The largest absolute Gasteiger partial charge is 0.309 e. The summed E-state index contributed by atoms with van der Waals surface area (Å²) < 4.78 is 14.3. The van der Waals surface area contributed by atoms with Crippen LogP contribution in [0.4, 0.5) is 4.39 Å². The highest BCUT2D eigenvalue weighted by Gasteiger charge is 2.29. The van der Waals surface area contributed by atoms with Gasteiger partial charge in [0.15, 0.2) is 0 Å². The van der Waals surface area contributed by atoms with Gasteiger partial charge in [-0.05, 0) is 24.1 Å². The summed E-state index contributed by atoms with van der Waals surface area (Å²) in [7, 11) is 0. The zero-order chi connectivity index (χ0) is 9.42. The molecule has 1 heterocycles. The Balaban J connectivity index is 2.33. The fourth-order valence-corrected chi connectivity index (χ4v) is 2.02. The molecule has 2 rings (SSSR count). The van der Waals surface area contributed by atoms with Crippen LogP contribution in [0.2, 0.25) is 0 Å². The van der Waals surface area contributed by atoms with Gasteiger partial charge in [0.1, 0.15) is 5.82 Å². The van der Waals surface area contributed by atoms with E-state index < -0.39 is 0 Å². The number of benzene rings is 1. The minimum absolute atomic E-state index is 0.118. The van der Waals surface area contributed by atoms with Crippen LogP contribution in [-0.4, -0.2) is 6.54 Å². The van der Waals surface area contributed by atoms with Gasteiger partial charge < -0.3 is 5.32 Å². The van der Waals surface area contributed by atoms with E-state index in [1.165, 1.54) is 6.07 Å². The first-order valence-electron chi connectivity index (χ1n) is 4.37. The van der Waals surface area contributed by atoms with Crippen molar-refractivity contribution in [2.75, 3.05) is 6.54 Å². The summed E-state index contributed by atoms with van der Waals surface area (Å²) >= 11 is 3.34.